The van der Waals surface area contributed by atoms with E-state index in [0.29, 0.717) is 18.4 Å². The van der Waals surface area contributed by atoms with Crippen molar-refractivity contribution in [2.75, 3.05) is 11.9 Å². The number of halogens is 4. The Labute approximate surface area is 114 Å². The number of nitrogens with zero attached hydrogens (tertiary/aromatic N) is 2. The Morgan fingerprint density at radius 1 is 1.37 bits per heavy atom. The zero-order chi connectivity index (χ0) is 14.0. The maximum atomic E-state index is 12.6. The smallest absolute Gasteiger partial charge is 0.370 e. The Balaban J connectivity index is 2.06. The van der Waals surface area contributed by atoms with E-state index in [1.54, 1.807) is 0 Å². The van der Waals surface area contributed by atoms with Crippen LogP contribution in [0.15, 0.2) is 6.07 Å². The van der Waals surface area contributed by atoms with Crippen molar-refractivity contribution in [3.05, 3.63) is 17.0 Å². The molecule has 1 aliphatic rings. The van der Waals surface area contributed by atoms with Crippen molar-refractivity contribution in [3.63, 3.8) is 0 Å². The predicted molar refractivity (Wildman–Crippen MR) is 67.0 cm³/mol. The first-order chi connectivity index (χ1) is 8.86. The van der Waals surface area contributed by atoms with Gasteiger partial charge in [0.15, 0.2) is 5.69 Å². The van der Waals surface area contributed by atoms with Gasteiger partial charge in [0.2, 0.25) is 5.28 Å². The molecule has 106 valence electrons. The van der Waals surface area contributed by atoms with Gasteiger partial charge in [0.05, 0.1) is 0 Å². The molecule has 19 heavy (non-hydrogen) atoms. The third kappa shape index (κ3) is 3.72. The Morgan fingerprint density at radius 2 is 2.11 bits per heavy atom. The van der Waals surface area contributed by atoms with Crippen LogP contribution in [0.25, 0.3) is 0 Å². The summed E-state index contributed by atoms with van der Waals surface area (Å²) in [6, 6.07) is 0.894. The molecule has 2 rings (SSSR count). The van der Waals surface area contributed by atoms with Crippen LogP contribution in [0.5, 0.6) is 0 Å². The number of anilines is 1. The van der Waals surface area contributed by atoms with Gasteiger partial charge in [-0.3, -0.25) is 0 Å². The van der Waals surface area contributed by atoms with Crippen molar-refractivity contribution in [2.45, 2.75) is 32.4 Å². The summed E-state index contributed by atoms with van der Waals surface area (Å²) < 4.78 is 37.7. The summed E-state index contributed by atoms with van der Waals surface area (Å²) in [5, 5.41) is 2.54. The average molecular weight is 294 g/mol. The molecular weight excluding hydrogens is 279 g/mol. The van der Waals surface area contributed by atoms with Gasteiger partial charge in [0, 0.05) is 12.6 Å². The molecule has 0 spiro atoms. The second-order valence-electron chi connectivity index (χ2n) is 4.95. The molecule has 1 N–H and O–H groups in total. The van der Waals surface area contributed by atoms with Gasteiger partial charge < -0.3 is 5.32 Å². The van der Waals surface area contributed by atoms with E-state index in [9.17, 15) is 13.2 Å². The fourth-order valence-corrected chi connectivity index (χ4v) is 2.60. The first kappa shape index (κ1) is 14.4. The standard InChI is InChI=1S/C12H15ClF3N3/c1-7-3-2-4-8(7)6-17-10-5-9(12(14,15)16)18-11(13)19-10/h5,7-8H,2-4,6H2,1H3,(H,17,18,19). The maximum Gasteiger partial charge on any atom is 0.433 e. The molecule has 0 bridgehead atoms. The Morgan fingerprint density at radius 3 is 2.68 bits per heavy atom. The lowest BCUT2D eigenvalue weighted by atomic mass is 9.98. The van der Waals surface area contributed by atoms with Crippen molar-refractivity contribution < 1.29 is 13.2 Å². The second-order valence-corrected chi connectivity index (χ2v) is 5.29. The van der Waals surface area contributed by atoms with Crippen LogP contribution in [0.4, 0.5) is 19.0 Å². The molecule has 0 radical (unpaired) electrons. The van der Waals surface area contributed by atoms with Crippen LogP contribution in [-0.2, 0) is 6.18 Å². The topological polar surface area (TPSA) is 37.8 Å². The predicted octanol–water partition coefficient (Wildman–Crippen LogP) is 4.00. The highest BCUT2D eigenvalue weighted by molar-refractivity contribution is 6.28. The Kier molecular flexibility index (Phi) is 4.18. The molecule has 0 amide bonds. The van der Waals surface area contributed by atoms with Gasteiger partial charge in [0.25, 0.3) is 0 Å². The lowest BCUT2D eigenvalue weighted by Crippen LogP contribution is -2.18. The minimum atomic E-state index is -4.51. The first-order valence-electron chi connectivity index (χ1n) is 6.22. The minimum absolute atomic E-state index is 0.131. The van der Waals surface area contributed by atoms with Gasteiger partial charge in [0.1, 0.15) is 5.82 Å². The van der Waals surface area contributed by atoms with E-state index < -0.39 is 17.2 Å². The van der Waals surface area contributed by atoms with Crippen LogP contribution >= 0.6 is 11.6 Å². The third-order valence-corrected chi connectivity index (χ3v) is 3.74. The fourth-order valence-electron chi connectivity index (χ4n) is 2.41. The van der Waals surface area contributed by atoms with Crippen molar-refractivity contribution >= 4 is 17.4 Å². The van der Waals surface area contributed by atoms with Crippen molar-refractivity contribution in [3.8, 4) is 0 Å². The highest BCUT2D eigenvalue weighted by atomic mass is 35.5. The minimum Gasteiger partial charge on any atom is -0.370 e. The second kappa shape index (κ2) is 5.53. The Hall–Kier alpha value is -1.04. The molecule has 1 aliphatic carbocycles. The van der Waals surface area contributed by atoms with Crippen LogP contribution < -0.4 is 5.32 Å². The summed E-state index contributed by atoms with van der Waals surface area (Å²) in [5.41, 5.74) is -1.02. The molecular formula is C12H15ClF3N3. The highest BCUT2D eigenvalue weighted by Gasteiger charge is 2.33. The van der Waals surface area contributed by atoms with Crippen LogP contribution in [0.1, 0.15) is 31.9 Å². The fraction of sp³-hybridized carbons (Fsp3) is 0.667. The summed E-state index contributed by atoms with van der Waals surface area (Å²) >= 11 is 5.52. The lowest BCUT2D eigenvalue weighted by Gasteiger charge is -2.16. The maximum absolute atomic E-state index is 12.6. The molecule has 1 aromatic rings. The summed E-state index contributed by atoms with van der Waals surface area (Å²) in [5.74, 6) is 1.20. The van der Waals surface area contributed by atoms with Gasteiger partial charge in [-0.15, -0.1) is 0 Å². The molecule has 7 heteroatoms. The van der Waals surface area contributed by atoms with E-state index in [1.807, 2.05) is 0 Å². The number of nitrogens with one attached hydrogen (secondary N) is 1. The van der Waals surface area contributed by atoms with Gasteiger partial charge in [-0.25, -0.2) is 9.97 Å². The molecule has 0 aromatic carbocycles. The van der Waals surface area contributed by atoms with E-state index >= 15 is 0 Å². The van der Waals surface area contributed by atoms with E-state index in [-0.39, 0.29) is 5.82 Å². The number of aromatic nitrogens is 2. The molecule has 0 saturated heterocycles. The number of alkyl halides is 3. The van der Waals surface area contributed by atoms with Crippen LogP contribution in [0.3, 0.4) is 0 Å². The largest absolute Gasteiger partial charge is 0.433 e. The van der Waals surface area contributed by atoms with Gasteiger partial charge in [-0.1, -0.05) is 19.8 Å². The molecule has 3 nitrogen and oxygen atoms in total. The zero-order valence-corrected chi connectivity index (χ0v) is 11.2. The lowest BCUT2D eigenvalue weighted by molar-refractivity contribution is -0.141. The van der Waals surface area contributed by atoms with Crippen molar-refractivity contribution in [2.24, 2.45) is 11.8 Å². The van der Waals surface area contributed by atoms with E-state index in [1.165, 1.54) is 12.8 Å². The number of hydrogen-bond acceptors (Lipinski definition) is 3. The van der Waals surface area contributed by atoms with Crippen LogP contribution in [-0.4, -0.2) is 16.5 Å². The molecule has 1 fully saturated rings. The van der Waals surface area contributed by atoms with Crippen molar-refractivity contribution in [1.29, 1.82) is 0 Å². The normalized spacial score (nSPS) is 23.6. The SMILES string of the molecule is CC1CCCC1CNc1cc(C(F)(F)F)nc(Cl)n1. The van der Waals surface area contributed by atoms with Crippen LogP contribution in [0.2, 0.25) is 5.28 Å². The summed E-state index contributed by atoms with van der Waals surface area (Å²) in [7, 11) is 0. The molecule has 1 heterocycles. The quantitative estimate of drug-likeness (QED) is 0.856. The van der Waals surface area contributed by atoms with Gasteiger partial charge >= 0.3 is 6.18 Å². The summed E-state index contributed by atoms with van der Waals surface area (Å²) in [6.45, 7) is 2.78. The molecule has 1 aromatic heterocycles. The van der Waals surface area contributed by atoms with E-state index in [0.717, 1.165) is 12.5 Å². The molecule has 0 aliphatic heterocycles. The summed E-state index contributed by atoms with van der Waals surface area (Å²) in [6.07, 6.45) is -1.07. The Bertz CT molecular complexity index is 450. The highest BCUT2D eigenvalue weighted by Crippen LogP contribution is 2.32. The van der Waals surface area contributed by atoms with Gasteiger partial charge in [-0.05, 0) is 29.9 Å². The number of rotatable bonds is 3. The average Bonchev–Trinajstić information content (AvgIpc) is 2.70. The zero-order valence-electron chi connectivity index (χ0n) is 10.5. The number of hydrogen-bond donors (Lipinski definition) is 1. The monoisotopic (exact) mass is 293 g/mol. The van der Waals surface area contributed by atoms with E-state index in [2.05, 4.69) is 22.2 Å². The summed E-state index contributed by atoms with van der Waals surface area (Å²) in [4.78, 5) is 6.97. The first-order valence-corrected chi connectivity index (χ1v) is 6.59. The van der Waals surface area contributed by atoms with Crippen molar-refractivity contribution in [1.82, 2.24) is 9.97 Å². The molecule has 1 saturated carbocycles. The molecule has 2 atom stereocenters. The van der Waals surface area contributed by atoms with E-state index in [4.69, 9.17) is 11.6 Å². The van der Waals surface area contributed by atoms with Crippen LogP contribution in [0, 0.1) is 11.8 Å². The third-order valence-electron chi connectivity index (χ3n) is 3.57. The van der Waals surface area contributed by atoms with Gasteiger partial charge in [-0.2, -0.15) is 13.2 Å². The molecule has 2 unspecified atom stereocenters.